The third-order valence-corrected chi connectivity index (χ3v) is 6.94. The van der Waals surface area contributed by atoms with Crippen molar-refractivity contribution in [3.63, 3.8) is 0 Å². The lowest BCUT2D eigenvalue weighted by atomic mass is 9.92. The summed E-state index contributed by atoms with van der Waals surface area (Å²) in [6.45, 7) is 16.2. The maximum Gasteiger partial charge on any atom is 0.0622 e. The molecule has 0 saturated carbocycles. The van der Waals surface area contributed by atoms with Crippen LogP contribution >= 0.6 is 0 Å². The van der Waals surface area contributed by atoms with Crippen LogP contribution < -0.4 is 0 Å². The van der Waals surface area contributed by atoms with E-state index in [1.165, 1.54) is 16.7 Å². The van der Waals surface area contributed by atoms with Crippen LogP contribution in [0.4, 0.5) is 0 Å². The Morgan fingerprint density at radius 1 is 1.00 bits per heavy atom. The van der Waals surface area contributed by atoms with Crippen LogP contribution in [0, 0.1) is 0 Å². The molecular formula is C26H40N4O2. The average Bonchev–Trinajstić information content (AvgIpc) is 3.29. The highest BCUT2D eigenvalue weighted by molar-refractivity contribution is 5.26. The van der Waals surface area contributed by atoms with Gasteiger partial charge in [-0.1, -0.05) is 45.0 Å². The van der Waals surface area contributed by atoms with Gasteiger partial charge in [-0.25, -0.2) is 0 Å². The van der Waals surface area contributed by atoms with Gasteiger partial charge in [0.05, 0.1) is 39.2 Å². The highest BCUT2D eigenvalue weighted by Gasteiger charge is 2.25. The van der Waals surface area contributed by atoms with E-state index >= 15 is 0 Å². The molecule has 2 aliphatic heterocycles. The molecule has 2 aliphatic rings. The van der Waals surface area contributed by atoms with Gasteiger partial charge in [-0.3, -0.25) is 14.5 Å². The largest absolute Gasteiger partial charge is 0.379 e. The van der Waals surface area contributed by atoms with Gasteiger partial charge in [-0.15, -0.1) is 0 Å². The van der Waals surface area contributed by atoms with Crippen molar-refractivity contribution < 1.29 is 9.47 Å². The Labute approximate surface area is 193 Å². The second-order valence-corrected chi connectivity index (χ2v) is 9.73. The maximum absolute atomic E-state index is 5.88. The van der Waals surface area contributed by atoms with Crippen LogP contribution in [0.15, 0.2) is 36.7 Å². The minimum atomic E-state index is 0.460. The van der Waals surface area contributed by atoms with Crippen molar-refractivity contribution in [2.45, 2.75) is 58.2 Å². The van der Waals surface area contributed by atoms with Crippen molar-refractivity contribution in [1.29, 1.82) is 0 Å². The Balaban J connectivity index is 1.33. The fourth-order valence-corrected chi connectivity index (χ4v) is 4.79. The number of hydrogen-bond acceptors (Lipinski definition) is 5. The first-order chi connectivity index (χ1) is 15.6. The molecule has 2 saturated heterocycles. The fraction of sp³-hybridized carbons (Fsp3) is 0.654. The normalized spacial score (nSPS) is 21.8. The topological polar surface area (TPSA) is 42.8 Å². The van der Waals surface area contributed by atoms with Crippen molar-refractivity contribution in [3.05, 3.63) is 53.3 Å². The van der Waals surface area contributed by atoms with Crippen molar-refractivity contribution >= 4 is 0 Å². The van der Waals surface area contributed by atoms with Crippen LogP contribution in [0.2, 0.25) is 0 Å². The quantitative estimate of drug-likeness (QED) is 0.594. The van der Waals surface area contributed by atoms with Gasteiger partial charge in [0.1, 0.15) is 0 Å². The van der Waals surface area contributed by atoms with Gasteiger partial charge in [0, 0.05) is 45.0 Å². The number of ether oxygens (including phenoxy) is 2. The van der Waals surface area contributed by atoms with E-state index in [2.05, 4.69) is 70.8 Å². The molecule has 2 unspecified atom stereocenters. The number of rotatable bonds is 9. The van der Waals surface area contributed by atoms with Crippen LogP contribution in [0.1, 0.15) is 55.7 Å². The summed E-state index contributed by atoms with van der Waals surface area (Å²) in [4.78, 5) is 5.10. The predicted octanol–water partition coefficient (Wildman–Crippen LogP) is 3.73. The zero-order valence-electron chi connectivity index (χ0n) is 20.1. The summed E-state index contributed by atoms with van der Waals surface area (Å²) in [5.41, 5.74) is 4.16. The lowest BCUT2D eigenvalue weighted by Crippen LogP contribution is -2.47. The van der Waals surface area contributed by atoms with Gasteiger partial charge >= 0.3 is 0 Å². The van der Waals surface area contributed by atoms with Crippen molar-refractivity contribution in [3.8, 4) is 0 Å². The molecule has 0 bridgehead atoms. The van der Waals surface area contributed by atoms with Gasteiger partial charge in [-0.2, -0.15) is 5.10 Å². The molecule has 1 aromatic heterocycles. The van der Waals surface area contributed by atoms with Gasteiger partial charge < -0.3 is 9.47 Å². The van der Waals surface area contributed by atoms with Crippen molar-refractivity contribution in [2.24, 2.45) is 0 Å². The van der Waals surface area contributed by atoms with E-state index in [0.717, 1.165) is 72.1 Å². The number of benzene rings is 1. The van der Waals surface area contributed by atoms with Crippen LogP contribution in [-0.2, 0) is 22.6 Å². The SMILES string of the molecule is CC(C)c1cnn(CCN2CCOCC2CC(C)c2cccc(CN3CCOCC3)c2)c1. The summed E-state index contributed by atoms with van der Waals surface area (Å²) in [5, 5.41) is 4.56. The first-order valence-electron chi connectivity index (χ1n) is 12.3. The predicted molar refractivity (Wildman–Crippen MR) is 128 cm³/mol. The van der Waals surface area contributed by atoms with Crippen LogP contribution in [-0.4, -0.2) is 78.2 Å². The average molecular weight is 441 g/mol. The molecule has 3 heterocycles. The molecule has 4 rings (SSSR count). The molecule has 0 spiro atoms. The standard InChI is InChI=1S/C26H40N4O2/c1-21(2)25-17-27-30(19-25)8-7-29-11-14-32-20-26(29)15-22(3)24-6-4-5-23(16-24)18-28-9-12-31-13-10-28/h4-6,16-17,19,21-22,26H,7-15,18,20H2,1-3H3. The lowest BCUT2D eigenvalue weighted by Gasteiger charge is -2.37. The third-order valence-electron chi connectivity index (χ3n) is 6.94. The molecule has 2 atom stereocenters. The first kappa shape index (κ1) is 23.4. The molecule has 6 heteroatoms. The van der Waals surface area contributed by atoms with E-state index in [1.807, 2.05) is 6.20 Å². The minimum Gasteiger partial charge on any atom is -0.379 e. The summed E-state index contributed by atoms with van der Waals surface area (Å²) >= 11 is 0. The second-order valence-electron chi connectivity index (χ2n) is 9.73. The van der Waals surface area contributed by atoms with Crippen LogP contribution in [0.25, 0.3) is 0 Å². The minimum absolute atomic E-state index is 0.460. The Hall–Kier alpha value is -1.73. The zero-order valence-corrected chi connectivity index (χ0v) is 20.1. The molecule has 6 nitrogen and oxygen atoms in total. The Morgan fingerprint density at radius 3 is 2.59 bits per heavy atom. The van der Waals surface area contributed by atoms with E-state index in [-0.39, 0.29) is 0 Å². The molecule has 176 valence electrons. The van der Waals surface area contributed by atoms with E-state index in [0.29, 0.717) is 17.9 Å². The van der Waals surface area contributed by atoms with Crippen molar-refractivity contribution in [2.75, 3.05) is 52.6 Å². The number of aromatic nitrogens is 2. The summed E-state index contributed by atoms with van der Waals surface area (Å²) in [6.07, 6.45) is 5.33. The Morgan fingerprint density at radius 2 is 1.81 bits per heavy atom. The molecule has 32 heavy (non-hydrogen) atoms. The summed E-state index contributed by atoms with van der Waals surface area (Å²) in [6, 6.07) is 9.64. The molecule has 2 aromatic rings. The smallest absolute Gasteiger partial charge is 0.0622 e. The molecule has 1 aromatic carbocycles. The Kier molecular flexibility index (Phi) is 8.36. The number of nitrogens with zero attached hydrogens (tertiary/aromatic N) is 4. The summed E-state index contributed by atoms with van der Waals surface area (Å²) in [5.74, 6) is 1.03. The molecular weight excluding hydrogens is 400 g/mol. The first-order valence-corrected chi connectivity index (χ1v) is 12.3. The highest BCUT2D eigenvalue weighted by Crippen LogP contribution is 2.26. The van der Waals surface area contributed by atoms with Gasteiger partial charge in [0.2, 0.25) is 0 Å². The highest BCUT2D eigenvalue weighted by atomic mass is 16.5. The number of morpholine rings is 2. The van der Waals surface area contributed by atoms with Crippen molar-refractivity contribution in [1.82, 2.24) is 19.6 Å². The second kappa shape index (κ2) is 11.4. The summed E-state index contributed by atoms with van der Waals surface area (Å²) in [7, 11) is 0. The molecule has 0 radical (unpaired) electrons. The van der Waals surface area contributed by atoms with Crippen LogP contribution in [0.5, 0.6) is 0 Å². The van der Waals surface area contributed by atoms with Crippen LogP contribution in [0.3, 0.4) is 0 Å². The monoisotopic (exact) mass is 440 g/mol. The number of hydrogen-bond donors (Lipinski definition) is 0. The Bertz CT molecular complexity index is 831. The molecule has 0 aliphatic carbocycles. The zero-order chi connectivity index (χ0) is 22.3. The third kappa shape index (κ3) is 6.41. The van der Waals surface area contributed by atoms with E-state index in [1.54, 1.807) is 0 Å². The van der Waals surface area contributed by atoms with Gasteiger partial charge in [-0.05, 0) is 34.9 Å². The van der Waals surface area contributed by atoms with E-state index in [9.17, 15) is 0 Å². The van der Waals surface area contributed by atoms with Gasteiger partial charge in [0.15, 0.2) is 0 Å². The molecule has 2 fully saturated rings. The van der Waals surface area contributed by atoms with E-state index in [4.69, 9.17) is 9.47 Å². The fourth-order valence-electron chi connectivity index (χ4n) is 4.79. The lowest BCUT2D eigenvalue weighted by molar-refractivity contribution is -0.0140. The maximum atomic E-state index is 5.88. The molecule has 0 amide bonds. The molecule has 0 N–H and O–H groups in total. The van der Waals surface area contributed by atoms with Gasteiger partial charge in [0.25, 0.3) is 0 Å². The van der Waals surface area contributed by atoms with E-state index < -0.39 is 0 Å². The summed E-state index contributed by atoms with van der Waals surface area (Å²) < 4.78 is 13.5.